The first kappa shape index (κ1) is 13.0. The van der Waals surface area contributed by atoms with Gasteiger partial charge in [0.2, 0.25) is 10.0 Å². The number of benzene rings is 1. The Kier molecular flexibility index (Phi) is 3.93. The van der Waals surface area contributed by atoms with Crippen molar-refractivity contribution in [3.63, 3.8) is 0 Å². The lowest BCUT2D eigenvalue weighted by molar-refractivity contribution is 0.589. The number of anilines is 1. The van der Waals surface area contributed by atoms with Gasteiger partial charge in [0.15, 0.2) is 0 Å². The highest BCUT2D eigenvalue weighted by molar-refractivity contribution is 7.93. The van der Waals surface area contributed by atoms with E-state index in [1.54, 1.807) is 13.0 Å². The van der Waals surface area contributed by atoms with Crippen LogP contribution in [0.2, 0.25) is 0 Å². The van der Waals surface area contributed by atoms with E-state index in [1.165, 1.54) is 0 Å². The van der Waals surface area contributed by atoms with E-state index in [2.05, 4.69) is 4.72 Å². The second-order valence-corrected chi connectivity index (χ2v) is 6.09. The summed E-state index contributed by atoms with van der Waals surface area (Å²) in [6.45, 7) is 5.62. The number of rotatable bonds is 4. The van der Waals surface area contributed by atoms with E-state index in [0.29, 0.717) is 5.69 Å². The van der Waals surface area contributed by atoms with E-state index in [0.717, 1.165) is 11.1 Å². The molecule has 0 aliphatic heterocycles. The smallest absolute Gasteiger partial charge is 0.236 e. The van der Waals surface area contributed by atoms with E-state index < -0.39 is 15.3 Å². The fourth-order valence-electron chi connectivity index (χ4n) is 1.20. The molecule has 0 heterocycles. The first-order valence-electron chi connectivity index (χ1n) is 5.16. The van der Waals surface area contributed by atoms with Gasteiger partial charge in [0.05, 0.1) is 5.25 Å². The van der Waals surface area contributed by atoms with E-state index in [-0.39, 0.29) is 6.54 Å². The molecule has 0 radical (unpaired) electrons. The van der Waals surface area contributed by atoms with Gasteiger partial charge < -0.3 is 5.73 Å². The minimum atomic E-state index is -3.37. The molecule has 0 saturated carbocycles. The van der Waals surface area contributed by atoms with Crippen molar-refractivity contribution in [2.75, 3.05) is 11.3 Å². The summed E-state index contributed by atoms with van der Waals surface area (Å²) in [5.74, 6) is 0. The van der Waals surface area contributed by atoms with Gasteiger partial charge in [-0.2, -0.15) is 0 Å². The van der Waals surface area contributed by atoms with Crippen molar-refractivity contribution in [3.05, 3.63) is 29.3 Å². The van der Waals surface area contributed by atoms with Crippen molar-refractivity contribution >= 4 is 15.7 Å². The molecule has 4 nitrogen and oxygen atoms in total. The molecule has 1 rings (SSSR count). The standard InChI is InChI=1S/C11H18N2O2S/c1-8-4-5-11(6-9(8)2)13-16(14,15)10(3)7-12/h4-6,10,13H,7,12H2,1-3H3. The molecule has 1 atom stereocenters. The van der Waals surface area contributed by atoms with Gasteiger partial charge in [-0.25, -0.2) is 8.42 Å². The zero-order valence-electron chi connectivity index (χ0n) is 9.82. The molecule has 0 saturated heterocycles. The maximum atomic E-state index is 11.7. The zero-order valence-corrected chi connectivity index (χ0v) is 10.6. The van der Waals surface area contributed by atoms with Crippen molar-refractivity contribution in [3.8, 4) is 0 Å². The van der Waals surface area contributed by atoms with E-state index in [1.807, 2.05) is 26.0 Å². The fraction of sp³-hybridized carbons (Fsp3) is 0.455. The minimum Gasteiger partial charge on any atom is -0.329 e. The molecule has 0 amide bonds. The van der Waals surface area contributed by atoms with Crippen LogP contribution in [0.5, 0.6) is 0 Å². The Morgan fingerprint density at radius 1 is 1.31 bits per heavy atom. The molecule has 1 unspecified atom stereocenters. The first-order chi connectivity index (χ1) is 7.36. The minimum absolute atomic E-state index is 0.111. The number of hydrogen-bond acceptors (Lipinski definition) is 3. The molecule has 5 heteroatoms. The fourth-order valence-corrected chi connectivity index (χ4v) is 2.11. The lowest BCUT2D eigenvalue weighted by atomic mass is 10.1. The summed E-state index contributed by atoms with van der Waals surface area (Å²) in [7, 11) is -3.37. The van der Waals surface area contributed by atoms with Crippen LogP contribution in [0.25, 0.3) is 0 Å². The lowest BCUT2D eigenvalue weighted by Crippen LogP contribution is -2.31. The van der Waals surface area contributed by atoms with Crippen LogP contribution in [0.15, 0.2) is 18.2 Å². The third-order valence-electron chi connectivity index (χ3n) is 2.63. The van der Waals surface area contributed by atoms with Gasteiger partial charge in [-0.05, 0) is 44.0 Å². The monoisotopic (exact) mass is 242 g/mol. The second-order valence-electron chi connectivity index (χ2n) is 3.99. The lowest BCUT2D eigenvalue weighted by Gasteiger charge is -2.13. The van der Waals surface area contributed by atoms with Crippen LogP contribution in [0.3, 0.4) is 0 Å². The highest BCUT2D eigenvalue weighted by Crippen LogP contribution is 2.16. The van der Waals surface area contributed by atoms with E-state index in [9.17, 15) is 8.42 Å². The van der Waals surface area contributed by atoms with Gasteiger partial charge in [-0.15, -0.1) is 0 Å². The molecular formula is C11H18N2O2S. The predicted octanol–water partition coefficient (Wildman–Crippen LogP) is 1.39. The Hall–Kier alpha value is -1.07. The predicted molar refractivity (Wildman–Crippen MR) is 67.0 cm³/mol. The molecule has 16 heavy (non-hydrogen) atoms. The number of hydrogen-bond donors (Lipinski definition) is 2. The van der Waals surface area contributed by atoms with Crippen LogP contribution < -0.4 is 10.5 Å². The van der Waals surface area contributed by atoms with Gasteiger partial charge in [0, 0.05) is 12.2 Å². The Morgan fingerprint density at radius 2 is 1.94 bits per heavy atom. The van der Waals surface area contributed by atoms with Crippen molar-refractivity contribution in [1.82, 2.24) is 0 Å². The average Bonchev–Trinajstić information content (AvgIpc) is 2.22. The summed E-state index contributed by atoms with van der Waals surface area (Å²) < 4.78 is 26.0. The molecule has 0 bridgehead atoms. The van der Waals surface area contributed by atoms with Crippen LogP contribution >= 0.6 is 0 Å². The van der Waals surface area contributed by atoms with Gasteiger partial charge in [0.25, 0.3) is 0 Å². The second kappa shape index (κ2) is 4.84. The van der Waals surface area contributed by atoms with Crippen molar-refractivity contribution in [2.45, 2.75) is 26.0 Å². The highest BCUT2D eigenvalue weighted by atomic mass is 32.2. The van der Waals surface area contributed by atoms with E-state index in [4.69, 9.17) is 5.73 Å². The molecule has 90 valence electrons. The number of aryl methyl sites for hydroxylation is 2. The SMILES string of the molecule is Cc1ccc(NS(=O)(=O)C(C)CN)cc1C. The molecule has 0 spiro atoms. The molecular weight excluding hydrogens is 224 g/mol. The van der Waals surface area contributed by atoms with Crippen LogP contribution in [0.4, 0.5) is 5.69 Å². The summed E-state index contributed by atoms with van der Waals surface area (Å²) in [5.41, 5.74) is 8.12. The summed E-state index contributed by atoms with van der Waals surface area (Å²) in [4.78, 5) is 0. The number of sulfonamides is 1. The molecule has 1 aromatic carbocycles. The van der Waals surface area contributed by atoms with Crippen LogP contribution in [0, 0.1) is 13.8 Å². The van der Waals surface area contributed by atoms with Gasteiger partial charge in [-0.3, -0.25) is 4.72 Å². The Bertz CT molecular complexity index is 469. The summed E-state index contributed by atoms with van der Waals surface area (Å²) in [6.07, 6.45) is 0. The quantitative estimate of drug-likeness (QED) is 0.838. The molecule has 0 aliphatic carbocycles. The normalized spacial score (nSPS) is 13.5. The Morgan fingerprint density at radius 3 is 2.44 bits per heavy atom. The zero-order chi connectivity index (χ0) is 12.3. The number of nitrogens with one attached hydrogen (secondary N) is 1. The molecule has 1 aromatic rings. The van der Waals surface area contributed by atoms with Gasteiger partial charge >= 0.3 is 0 Å². The van der Waals surface area contributed by atoms with Crippen LogP contribution in [-0.2, 0) is 10.0 Å². The summed E-state index contributed by atoms with van der Waals surface area (Å²) in [5, 5.41) is -0.589. The maximum absolute atomic E-state index is 11.7. The third kappa shape index (κ3) is 2.96. The van der Waals surface area contributed by atoms with Crippen LogP contribution in [0.1, 0.15) is 18.1 Å². The van der Waals surface area contributed by atoms with Gasteiger partial charge in [-0.1, -0.05) is 6.07 Å². The Labute approximate surface area is 96.9 Å². The number of nitrogens with two attached hydrogens (primary N) is 1. The molecule has 0 aliphatic rings. The molecule has 0 fully saturated rings. The van der Waals surface area contributed by atoms with Gasteiger partial charge in [0.1, 0.15) is 0 Å². The third-order valence-corrected chi connectivity index (χ3v) is 4.40. The van der Waals surface area contributed by atoms with Crippen molar-refractivity contribution in [1.29, 1.82) is 0 Å². The summed E-state index contributed by atoms with van der Waals surface area (Å²) >= 11 is 0. The average molecular weight is 242 g/mol. The van der Waals surface area contributed by atoms with Crippen molar-refractivity contribution < 1.29 is 8.42 Å². The maximum Gasteiger partial charge on any atom is 0.236 e. The van der Waals surface area contributed by atoms with Crippen molar-refractivity contribution in [2.24, 2.45) is 5.73 Å². The highest BCUT2D eigenvalue weighted by Gasteiger charge is 2.18. The summed E-state index contributed by atoms with van der Waals surface area (Å²) in [6, 6.07) is 5.46. The first-order valence-corrected chi connectivity index (χ1v) is 6.70. The largest absolute Gasteiger partial charge is 0.329 e. The van der Waals surface area contributed by atoms with E-state index >= 15 is 0 Å². The molecule has 3 N–H and O–H groups in total. The topological polar surface area (TPSA) is 72.2 Å². The molecule has 0 aromatic heterocycles. The van der Waals surface area contributed by atoms with Crippen LogP contribution in [-0.4, -0.2) is 20.2 Å². The Balaban J connectivity index is 2.93.